The minimum absolute atomic E-state index is 0.244. The summed E-state index contributed by atoms with van der Waals surface area (Å²) in [5.74, 6) is 1.97. The first-order valence-electron chi connectivity index (χ1n) is 5.19. The Labute approximate surface area is 80.2 Å². The van der Waals surface area contributed by atoms with Crippen molar-refractivity contribution in [1.29, 1.82) is 0 Å². The molecule has 3 nitrogen and oxygen atoms in total. The molecule has 74 valence electrons. The lowest BCUT2D eigenvalue weighted by atomic mass is 9.74. The van der Waals surface area contributed by atoms with Crippen LogP contribution in [0.15, 0.2) is 5.11 Å². The third-order valence-electron chi connectivity index (χ3n) is 3.19. The average molecular weight is 181 g/mol. The Hall–Kier alpha value is -0.690. The molecule has 0 aliphatic heterocycles. The van der Waals surface area contributed by atoms with Crippen molar-refractivity contribution in [3.8, 4) is 0 Å². The largest absolute Gasteiger partial charge is 0.0903 e. The van der Waals surface area contributed by atoms with Gasteiger partial charge in [-0.25, -0.2) is 0 Å². The lowest BCUT2D eigenvalue weighted by molar-refractivity contribution is 0.199. The lowest BCUT2D eigenvalue weighted by Crippen LogP contribution is -2.30. The highest BCUT2D eigenvalue weighted by Gasteiger charge is 2.29. The van der Waals surface area contributed by atoms with Gasteiger partial charge in [0.05, 0.1) is 0 Å². The van der Waals surface area contributed by atoms with E-state index in [1.165, 1.54) is 12.8 Å². The molecule has 13 heavy (non-hydrogen) atoms. The summed E-state index contributed by atoms with van der Waals surface area (Å²) in [7, 11) is 0. The fourth-order valence-corrected chi connectivity index (χ4v) is 2.35. The van der Waals surface area contributed by atoms with E-state index in [1.54, 1.807) is 0 Å². The molecule has 0 heterocycles. The van der Waals surface area contributed by atoms with E-state index in [-0.39, 0.29) is 6.04 Å². The van der Waals surface area contributed by atoms with Crippen molar-refractivity contribution in [3.05, 3.63) is 10.4 Å². The molecule has 0 aromatic heterocycles. The van der Waals surface area contributed by atoms with Gasteiger partial charge in [0.25, 0.3) is 0 Å². The van der Waals surface area contributed by atoms with Gasteiger partial charge in [-0.3, -0.25) is 0 Å². The van der Waals surface area contributed by atoms with Gasteiger partial charge in [-0.2, -0.15) is 0 Å². The fraction of sp³-hybridized carbons (Fsp3) is 1.00. The molecule has 0 unspecified atom stereocenters. The van der Waals surface area contributed by atoms with E-state index in [2.05, 4.69) is 30.8 Å². The van der Waals surface area contributed by atoms with Crippen LogP contribution in [0, 0.1) is 17.8 Å². The Morgan fingerprint density at radius 1 is 1.38 bits per heavy atom. The molecule has 0 saturated heterocycles. The van der Waals surface area contributed by atoms with Crippen LogP contribution in [0.3, 0.4) is 0 Å². The third-order valence-corrected chi connectivity index (χ3v) is 3.19. The summed E-state index contributed by atoms with van der Waals surface area (Å²) >= 11 is 0. The topological polar surface area (TPSA) is 48.8 Å². The summed E-state index contributed by atoms with van der Waals surface area (Å²) in [6.45, 7) is 6.69. The minimum atomic E-state index is 0.244. The monoisotopic (exact) mass is 181 g/mol. The van der Waals surface area contributed by atoms with Gasteiger partial charge in [-0.05, 0) is 36.1 Å². The zero-order chi connectivity index (χ0) is 9.84. The van der Waals surface area contributed by atoms with Gasteiger partial charge in [0, 0.05) is 11.0 Å². The van der Waals surface area contributed by atoms with Crippen molar-refractivity contribution >= 4 is 0 Å². The maximum Gasteiger partial charge on any atom is 0.0407 e. The molecule has 1 saturated carbocycles. The summed E-state index contributed by atoms with van der Waals surface area (Å²) in [4.78, 5) is 2.95. The number of azide groups is 1. The van der Waals surface area contributed by atoms with E-state index in [0.717, 1.165) is 12.3 Å². The second-order valence-electron chi connectivity index (χ2n) is 4.60. The van der Waals surface area contributed by atoms with E-state index < -0.39 is 0 Å². The zero-order valence-corrected chi connectivity index (χ0v) is 8.77. The summed E-state index contributed by atoms with van der Waals surface area (Å²) in [5.41, 5.74) is 8.46. The SMILES string of the molecule is CC(C)[C@H]1CC[C@H](C)C[C@@H]1N=[N+]=[N-]. The average Bonchev–Trinajstić information content (AvgIpc) is 2.04. The van der Waals surface area contributed by atoms with E-state index >= 15 is 0 Å². The predicted octanol–water partition coefficient (Wildman–Crippen LogP) is 3.76. The predicted molar refractivity (Wildman–Crippen MR) is 54.3 cm³/mol. The highest BCUT2D eigenvalue weighted by atomic mass is 15.2. The quantitative estimate of drug-likeness (QED) is 0.354. The Morgan fingerprint density at radius 3 is 2.62 bits per heavy atom. The van der Waals surface area contributed by atoms with Crippen LogP contribution < -0.4 is 0 Å². The summed E-state index contributed by atoms with van der Waals surface area (Å²) in [6, 6.07) is 0.244. The molecule has 3 heteroatoms. The molecule has 1 aliphatic rings. The van der Waals surface area contributed by atoms with Gasteiger partial charge < -0.3 is 0 Å². The van der Waals surface area contributed by atoms with Gasteiger partial charge in [0.15, 0.2) is 0 Å². The molecule has 0 N–H and O–H groups in total. The molecule has 1 rings (SSSR count). The van der Waals surface area contributed by atoms with Crippen molar-refractivity contribution in [2.75, 3.05) is 0 Å². The molecule has 1 fully saturated rings. The van der Waals surface area contributed by atoms with E-state index in [1.807, 2.05) is 0 Å². The van der Waals surface area contributed by atoms with Crippen LogP contribution in [0.5, 0.6) is 0 Å². The standard InChI is InChI=1S/C10H19N3/c1-7(2)9-5-4-8(3)6-10(9)12-13-11/h7-10H,4-6H2,1-3H3/t8-,9+,10-/m0/s1. The van der Waals surface area contributed by atoms with Crippen LogP contribution in [0.4, 0.5) is 0 Å². The van der Waals surface area contributed by atoms with Gasteiger partial charge in [-0.1, -0.05) is 32.3 Å². The Morgan fingerprint density at radius 2 is 2.08 bits per heavy atom. The normalized spacial score (nSPS) is 34.3. The first kappa shape index (κ1) is 10.4. The van der Waals surface area contributed by atoms with Crippen LogP contribution in [-0.4, -0.2) is 6.04 Å². The molecule has 0 aromatic rings. The summed E-state index contributed by atoms with van der Waals surface area (Å²) in [6.07, 6.45) is 3.59. The number of rotatable bonds is 2. The Balaban J connectivity index is 2.65. The Bertz CT molecular complexity index is 206. The van der Waals surface area contributed by atoms with E-state index in [0.29, 0.717) is 11.8 Å². The van der Waals surface area contributed by atoms with Crippen molar-refractivity contribution < 1.29 is 0 Å². The second-order valence-corrected chi connectivity index (χ2v) is 4.60. The Kier molecular flexibility index (Phi) is 3.61. The molecule has 0 spiro atoms. The highest BCUT2D eigenvalue weighted by molar-refractivity contribution is 4.85. The van der Waals surface area contributed by atoms with Crippen molar-refractivity contribution in [3.63, 3.8) is 0 Å². The van der Waals surface area contributed by atoms with Crippen LogP contribution in [0.25, 0.3) is 10.4 Å². The molecule has 1 aliphatic carbocycles. The highest BCUT2D eigenvalue weighted by Crippen LogP contribution is 2.35. The van der Waals surface area contributed by atoms with Crippen molar-refractivity contribution in [1.82, 2.24) is 0 Å². The smallest absolute Gasteiger partial charge is 0.0407 e. The lowest BCUT2D eigenvalue weighted by Gasteiger charge is -2.34. The van der Waals surface area contributed by atoms with Gasteiger partial charge in [-0.15, -0.1) is 0 Å². The van der Waals surface area contributed by atoms with Gasteiger partial charge >= 0.3 is 0 Å². The van der Waals surface area contributed by atoms with Crippen molar-refractivity contribution in [2.45, 2.75) is 46.1 Å². The summed E-state index contributed by atoms with van der Waals surface area (Å²) in [5, 5.41) is 3.92. The van der Waals surface area contributed by atoms with Crippen LogP contribution in [0.2, 0.25) is 0 Å². The van der Waals surface area contributed by atoms with Gasteiger partial charge in [0.2, 0.25) is 0 Å². The maximum atomic E-state index is 8.46. The zero-order valence-electron chi connectivity index (χ0n) is 8.77. The second kappa shape index (κ2) is 4.52. The van der Waals surface area contributed by atoms with Gasteiger partial charge in [0.1, 0.15) is 0 Å². The van der Waals surface area contributed by atoms with Crippen molar-refractivity contribution in [2.24, 2.45) is 22.9 Å². The van der Waals surface area contributed by atoms with Crippen LogP contribution in [-0.2, 0) is 0 Å². The number of hydrogen-bond donors (Lipinski definition) is 0. The molecule has 3 atom stereocenters. The molecule has 0 aromatic carbocycles. The minimum Gasteiger partial charge on any atom is -0.0903 e. The third kappa shape index (κ3) is 2.63. The van der Waals surface area contributed by atoms with Crippen LogP contribution >= 0.6 is 0 Å². The molecule has 0 radical (unpaired) electrons. The molecule has 0 bridgehead atoms. The number of hydrogen-bond acceptors (Lipinski definition) is 1. The van der Waals surface area contributed by atoms with Crippen LogP contribution in [0.1, 0.15) is 40.0 Å². The number of nitrogens with zero attached hydrogens (tertiary/aromatic N) is 3. The first-order chi connectivity index (χ1) is 6.15. The molecular weight excluding hydrogens is 162 g/mol. The molecular formula is C10H19N3. The van der Waals surface area contributed by atoms with E-state index in [9.17, 15) is 0 Å². The summed E-state index contributed by atoms with van der Waals surface area (Å²) < 4.78 is 0. The molecule has 0 amide bonds. The fourth-order valence-electron chi connectivity index (χ4n) is 2.35. The first-order valence-corrected chi connectivity index (χ1v) is 5.19. The maximum absolute atomic E-state index is 8.46. The van der Waals surface area contributed by atoms with E-state index in [4.69, 9.17) is 5.53 Å².